The first-order valence-electron chi connectivity index (χ1n) is 5.85. The van der Waals surface area contributed by atoms with E-state index >= 15 is 0 Å². The van der Waals surface area contributed by atoms with Gasteiger partial charge < -0.3 is 10.6 Å². The molecule has 3 N–H and O–H groups in total. The molecule has 0 aliphatic carbocycles. The molecule has 2 rings (SSSR count). The van der Waals surface area contributed by atoms with E-state index in [1.54, 1.807) is 6.92 Å². The standard InChI is InChI=1S/C11H12F2N6O/c1-2-14-10-7(12)3-6(4-8(10)13)11(20)15-5-9-16-18-19-17-9/h3-4,14H,2,5H2,1H3,(H,15,20)(H,16,17,18,19). The van der Waals surface area contributed by atoms with E-state index in [9.17, 15) is 13.6 Å². The predicted octanol–water partition coefficient (Wildman–Crippen LogP) is 0.840. The molecular formula is C11H12F2N6O. The van der Waals surface area contributed by atoms with Gasteiger partial charge in [-0.1, -0.05) is 5.21 Å². The molecule has 0 bridgehead atoms. The monoisotopic (exact) mass is 282 g/mol. The minimum Gasteiger partial charge on any atom is -0.381 e. The topological polar surface area (TPSA) is 95.6 Å². The molecule has 20 heavy (non-hydrogen) atoms. The molecule has 0 spiro atoms. The molecule has 1 aromatic carbocycles. The van der Waals surface area contributed by atoms with Crippen molar-refractivity contribution in [2.75, 3.05) is 11.9 Å². The van der Waals surface area contributed by atoms with Gasteiger partial charge in [-0.15, -0.1) is 10.2 Å². The van der Waals surface area contributed by atoms with E-state index in [0.29, 0.717) is 6.54 Å². The summed E-state index contributed by atoms with van der Waals surface area (Å²) in [5, 5.41) is 17.8. The Hall–Kier alpha value is -2.58. The lowest BCUT2D eigenvalue weighted by Gasteiger charge is -2.09. The molecule has 0 aliphatic rings. The van der Waals surface area contributed by atoms with Crippen LogP contribution < -0.4 is 10.6 Å². The molecule has 0 saturated carbocycles. The number of H-pyrrole nitrogens is 1. The molecule has 0 saturated heterocycles. The number of nitrogens with one attached hydrogen (secondary N) is 3. The van der Waals surface area contributed by atoms with E-state index in [1.807, 2.05) is 0 Å². The second-order valence-electron chi connectivity index (χ2n) is 3.86. The Labute approximate surface area is 112 Å². The second-order valence-corrected chi connectivity index (χ2v) is 3.86. The summed E-state index contributed by atoms with van der Waals surface area (Å²) in [5.41, 5.74) is -0.368. The van der Waals surface area contributed by atoms with Crippen molar-refractivity contribution >= 4 is 11.6 Å². The number of nitrogens with zero attached hydrogens (tertiary/aromatic N) is 3. The second kappa shape index (κ2) is 6.04. The lowest BCUT2D eigenvalue weighted by molar-refractivity contribution is 0.0949. The van der Waals surface area contributed by atoms with Crippen LogP contribution in [0.4, 0.5) is 14.5 Å². The van der Waals surface area contributed by atoms with Gasteiger partial charge in [0, 0.05) is 12.1 Å². The maximum absolute atomic E-state index is 13.6. The molecule has 1 heterocycles. The molecular weight excluding hydrogens is 270 g/mol. The van der Waals surface area contributed by atoms with Crippen LogP contribution in [0.5, 0.6) is 0 Å². The van der Waals surface area contributed by atoms with Crippen LogP contribution in [-0.2, 0) is 6.54 Å². The van der Waals surface area contributed by atoms with Gasteiger partial charge in [-0.3, -0.25) is 4.79 Å². The van der Waals surface area contributed by atoms with Crippen LogP contribution in [0, 0.1) is 11.6 Å². The molecule has 1 amide bonds. The number of hydrogen-bond donors (Lipinski definition) is 3. The summed E-state index contributed by atoms with van der Waals surface area (Å²) in [6, 6.07) is 1.93. The molecule has 0 unspecified atom stereocenters. The van der Waals surface area contributed by atoms with Gasteiger partial charge in [0.25, 0.3) is 5.91 Å². The fourth-order valence-corrected chi connectivity index (χ4v) is 1.57. The molecule has 0 aliphatic heterocycles. The van der Waals surface area contributed by atoms with Crippen molar-refractivity contribution in [2.45, 2.75) is 13.5 Å². The minimum absolute atomic E-state index is 0.00747. The summed E-state index contributed by atoms with van der Waals surface area (Å²) >= 11 is 0. The maximum Gasteiger partial charge on any atom is 0.251 e. The van der Waals surface area contributed by atoms with Crippen LogP contribution in [0.25, 0.3) is 0 Å². The van der Waals surface area contributed by atoms with Gasteiger partial charge in [-0.05, 0) is 19.1 Å². The van der Waals surface area contributed by atoms with E-state index in [4.69, 9.17) is 0 Å². The fraction of sp³-hybridized carbons (Fsp3) is 0.273. The van der Waals surface area contributed by atoms with Crippen molar-refractivity contribution < 1.29 is 13.6 Å². The minimum atomic E-state index is -0.823. The Bertz CT molecular complexity index is 578. The van der Waals surface area contributed by atoms with Crippen LogP contribution in [0.1, 0.15) is 23.1 Å². The van der Waals surface area contributed by atoms with Crippen LogP contribution in [0.15, 0.2) is 12.1 Å². The number of amides is 1. The third-order valence-corrected chi connectivity index (χ3v) is 2.45. The van der Waals surface area contributed by atoms with Gasteiger partial charge in [0.2, 0.25) is 0 Å². The molecule has 0 atom stereocenters. The number of halogens is 2. The summed E-state index contributed by atoms with van der Waals surface area (Å²) < 4.78 is 27.3. The van der Waals surface area contributed by atoms with Crippen molar-refractivity contribution in [3.8, 4) is 0 Å². The first-order chi connectivity index (χ1) is 9.61. The van der Waals surface area contributed by atoms with Gasteiger partial charge in [0.1, 0.15) is 17.3 Å². The molecule has 2 aromatic rings. The average Bonchev–Trinajstić information content (AvgIpc) is 2.93. The number of benzene rings is 1. The third kappa shape index (κ3) is 3.05. The van der Waals surface area contributed by atoms with E-state index < -0.39 is 17.5 Å². The maximum atomic E-state index is 13.6. The lowest BCUT2D eigenvalue weighted by Crippen LogP contribution is -2.24. The predicted molar refractivity (Wildman–Crippen MR) is 65.9 cm³/mol. The molecule has 0 radical (unpaired) electrons. The molecule has 7 nitrogen and oxygen atoms in total. The largest absolute Gasteiger partial charge is 0.381 e. The first-order valence-corrected chi connectivity index (χ1v) is 5.85. The fourth-order valence-electron chi connectivity index (χ4n) is 1.57. The number of tetrazole rings is 1. The Morgan fingerprint density at radius 2 is 2.05 bits per heavy atom. The third-order valence-electron chi connectivity index (χ3n) is 2.45. The number of carbonyl (C=O) groups is 1. The van der Waals surface area contributed by atoms with Crippen molar-refractivity contribution in [2.24, 2.45) is 0 Å². The number of carbonyl (C=O) groups excluding carboxylic acids is 1. The van der Waals surface area contributed by atoms with Crippen LogP contribution >= 0.6 is 0 Å². The summed E-state index contributed by atoms with van der Waals surface area (Å²) in [6.07, 6.45) is 0. The molecule has 1 aromatic heterocycles. The van der Waals surface area contributed by atoms with E-state index in [2.05, 4.69) is 31.3 Å². The number of hydrogen-bond acceptors (Lipinski definition) is 5. The highest BCUT2D eigenvalue weighted by Crippen LogP contribution is 2.20. The summed E-state index contributed by atoms with van der Waals surface area (Å²) in [4.78, 5) is 11.8. The Kier molecular flexibility index (Phi) is 4.18. The Morgan fingerprint density at radius 1 is 1.35 bits per heavy atom. The lowest BCUT2D eigenvalue weighted by atomic mass is 10.1. The quantitative estimate of drug-likeness (QED) is 0.755. The Balaban J connectivity index is 2.10. The van der Waals surface area contributed by atoms with Crippen LogP contribution in [-0.4, -0.2) is 33.1 Å². The van der Waals surface area contributed by atoms with Crippen molar-refractivity contribution in [3.05, 3.63) is 35.2 Å². The average molecular weight is 282 g/mol. The first kappa shape index (κ1) is 13.8. The SMILES string of the molecule is CCNc1c(F)cc(C(=O)NCc2nn[nH]n2)cc1F. The summed E-state index contributed by atoms with van der Waals surface area (Å²) in [7, 11) is 0. The van der Waals surface area contributed by atoms with Crippen molar-refractivity contribution in [3.63, 3.8) is 0 Å². The van der Waals surface area contributed by atoms with Gasteiger partial charge in [0.05, 0.1) is 6.54 Å². The number of rotatable bonds is 5. The Morgan fingerprint density at radius 3 is 2.60 bits per heavy atom. The van der Waals surface area contributed by atoms with Crippen molar-refractivity contribution in [1.82, 2.24) is 25.9 Å². The normalized spacial score (nSPS) is 10.3. The molecule has 106 valence electrons. The van der Waals surface area contributed by atoms with Crippen LogP contribution in [0.3, 0.4) is 0 Å². The molecule has 9 heteroatoms. The van der Waals surface area contributed by atoms with Crippen molar-refractivity contribution in [1.29, 1.82) is 0 Å². The number of aromatic amines is 1. The highest BCUT2D eigenvalue weighted by atomic mass is 19.1. The number of anilines is 1. The van der Waals surface area contributed by atoms with Gasteiger partial charge >= 0.3 is 0 Å². The van der Waals surface area contributed by atoms with Gasteiger partial charge in [-0.25, -0.2) is 8.78 Å². The zero-order valence-corrected chi connectivity index (χ0v) is 10.6. The highest BCUT2D eigenvalue weighted by molar-refractivity contribution is 5.94. The zero-order chi connectivity index (χ0) is 14.5. The van der Waals surface area contributed by atoms with Crippen LogP contribution in [0.2, 0.25) is 0 Å². The molecule has 0 fully saturated rings. The van der Waals surface area contributed by atoms with E-state index in [1.165, 1.54) is 0 Å². The van der Waals surface area contributed by atoms with E-state index in [0.717, 1.165) is 12.1 Å². The summed E-state index contributed by atoms with van der Waals surface area (Å²) in [6.45, 7) is 2.09. The number of aromatic nitrogens is 4. The van der Waals surface area contributed by atoms with Gasteiger partial charge in [0.15, 0.2) is 5.82 Å². The zero-order valence-electron chi connectivity index (χ0n) is 10.6. The van der Waals surface area contributed by atoms with Gasteiger partial charge in [-0.2, -0.15) is 5.21 Å². The highest BCUT2D eigenvalue weighted by Gasteiger charge is 2.15. The summed E-state index contributed by atoms with van der Waals surface area (Å²) in [5.74, 6) is -2.01. The van der Waals surface area contributed by atoms with E-state index in [-0.39, 0.29) is 23.6 Å². The smallest absolute Gasteiger partial charge is 0.251 e.